The fraction of sp³-hybridized carbons (Fsp3) is 0.667. The van der Waals surface area contributed by atoms with Gasteiger partial charge in [0.15, 0.2) is 5.78 Å². The minimum Gasteiger partial charge on any atom is -0.383 e. The van der Waals surface area contributed by atoms with Crippen molar-refractivity contribution in [2.24, 2.45) is 10.8 Å². The Balaban J connectivity index is 0.000000228. The Hall–Kier alpha value is -2.64. The van der Waals surface area contributed by atoms with E-state index in [1.807, 2.05) is 19.0 Å². The summed E-state index contributed by atoms with van der Waals surface area (Å²) >= 11 is 0. The quantitative estimate of drug-likeness (QED) is 0.571. The molecule has 0 atom stereocenters. The fourth-order valence-corrected chi connectivity index (χ4v) is 3.80. The van der Waals surface area contributed by atoms with Crippen molar-refractivity contribution in [2.75, 3.05) is 40.3 Å². The van der Waals surface area contributed by atoms with Crippen LogP contribution in [0.15, 0.2) is 18.0 Å². The number of carbonyl (C=O) groups is 3. The van der Waals surface area contributed by atoms with E-state index in [0.29, 0.717) is 25.1 Å². The zero-order chi connectivity index (χ0) is 24.3. The fourth-order valence-electron chi connectivity index (χ4n) is 3.80. The van der Waals surface area contributed by atoms with Gasteiger partial charge in [0.2, 0.25) is 0 Å². The molecule has 0 radical (unpaired) electrons. The molecule has 0 saturated carbocycles. The average molecular weight is 446 g/mol. The van der Waals surface area contributed by atoms with Crippen molar-refractivity contribution >= 4 is 17.6 Å². The molecule has 178 valence electrons. The number of carbonyl (C=O) groups excluding carboxylic acids is 3. The maximum absolute atomic E-state index is 12.2. The minimum absolute atomic E-state index is 0.0474. The highest BCUT2D eigenvalue weighted by molar-refractivity contribution is 6.20. The third-order valence-corrected chi connectivity index (χ3v) is 5.01. The van der Waals surface area contributed by atoms with Gasteiger partial charge in [-0.3, -0.25) is 19.5 Å². The molecule has 1 fully saturated rings. The van der Waals surface area contributed by atoms with Gasteiger partial charge in [-0.1, -0.05) is 41.5 Å². The van der Waals surface area contributed by atoms with Crippen LogP contribution in [0.25, 0.3) is 0 Å². The van der Waals surface area contributed by atoms with Crippen LogP contribution in [0.1, 0.15) is 64.0 Å². The number of Topliss-reactive ketones (excluding diaryl/α,β-unsaturated/α-hetero) is 1. The number of fused-ring (bicyclic) bond motifs is 1. The number of nitrogens with zero attached hydrogens (tertiary/aromatic N) is 4. The van der Waals surface area contributed by atoms with Gasteiger partial charge in [0, 0.05) is 65.0 Å². The maximum Gasteiger partial charge on any atom is 0.258 e. The topological polar surface area (TPSA) is 89.6 Å². The number of H-pyrrole nitrogens is 1. The number of amides is 2. The molecular formula is C24H39N5O3. The van der Waals surface area contributed by atoms with Crippen LogP contribution < -0.4 is 0 Å². The zero-order valence-electron chi connectivity index (χ0n) is 20.9. The molecule has 0 unspecified atom stereocenters. The van der Waals surface area contributed by atoms with Gasteiger partial charge in [0.05, 0.1) is 17.3 Å². The Kier molecular flexibility index (Phi) is 7.91. The number of aromatic nitrogens is 2. The number of likely N-dealkylation sites (tertiary alicyclic amines) is 1. The van der Waals surface area contributed by atoms with Crippen molar-refractivity contribution < 1.29 is 14.4 Å². The van der Waals surface area contributed by atoms with Gasteiger partial charge >= 0.3 is 0 Å². The Morgan fingerprint density at radius 1 is 0.938 bits per heavy atom. The van der Waals surface area contributed by atoms with Crippen molar-refractivity contribution in [3.8, 4) is 0 Å². The van der Waals surface area contributed by atoms with Crippen molar-refractivity contribution in [1.29, 1.82) is 0 Å². The van der Waals surface area contributed by atoms with Crippen molar-refractivity contribution in [3.05, 3.63) is 29.2 Å². The highest BCUT2D eigenvalue weighted by atomic mass is 16.2. The van der Waals surface area contributed by atoms with Crippen LogP contribution in [0.3, 0.4) is 0 Å². The molecular weight excluding hydrogens is 406 g/mol. The third kappa shape index (κ3) is 7.21. The second kappa shape index (κ2) is 9.88. The second-order valence-electron chi connectivity index (χ2n) is 11.3. The molecule has 2 amide bonds. The van der Waals surface area contributed by atoms with Gasteiger partial charge in [-0.2, -0.15) is 5.10 Å². The Morgan fingerprint density at radius 3 is 2.00 bits per heavy atom. The highest BCUT2D eigenvalue weighted by Crippen LogP contribution is 2.22. The van der Waals surface area contributed by atoms with E-state index in [2.05, 4.69) is 51.7 Å². The Labute approximate surface area is 192 Å². The van der Waals surface area contributed by atoms with E-state index < -0.39 is 0 Å². The molecule has 2 aliphatic heterocycles. The van der Waals surface area contributed by atoms with Gasteiger partial charge in [-0.05, 0) is 10.8 Å². The lowest BCUT2D eigenvalue weighted by atomic mass is 9.93. The molecule has 1 N–H and O–H groups in total. The van der Waals surface area contributed by atoms with E-state index >= 15 is 0 Å². The van der Waals surface area contributed by atoms with Crippen LogP contribution in [0.2, 0.25) is 0 Å². The molecule has 0 bridgehead atoms. The van der Waals surface area contributed by atoms with Gasteiger partial charge in [0.1, 0.15) is 0 Å². The summed E-state index contributed by atoms with van der Waals surface area (Å²) in [4.78, 5) is 41.3. The molecule has 32 heavy (non-hydrogen) atoms. The molecule has 8 heteroatoms. The minimum atomic E-state index is -0.134. The van der Waals surface area contributed by atoms with E-state index in [1.54, 1.807) is 22.2 Å². The number of hydrogen-bond donors (Lipinski definition) is 1. The van der Waals surface area contributed by atoms with E-state index in [0.717, 1.165) is 30.8 Å². The lowest BCUT2D eigenvalue weighted by Gasteiger charge is -2.33. The average Bonchev–Trinajstić information content (AvgIpc) is 3.11. The number of aromatic amines is 1. The van der Waals surface area contributed by atoms with Crippen LogP contribution in [-0.4, -0.2) is 82.8 Å². The van der Waals surface area contributed by atoms with Crippen LogP contribution >= 0.6 is 0 Å². The predicted molar refractivity (Wildman–Crippen MR) is 125 cm³/mol. The first-order valence-corrected chi connectivity index (χ1v) is 11.2. The standard InChI is InChI=1S/C13H22N2O2.C11H17N3O/c1-13(2,3)9-15-7-6-11(16)10(12(15)17)8-14(4)5;1-11(2,3)7-14-5-4-9-8(10(14)15)6-12-13-9/h8H,6-7,9H2,1-5H3;6H,4-5,7H2,1-3H3,(H,12,13). The summed E-state index contributed by atoms with van der Waals surface area (Å²) in [5.74, 6) is -0.0707. The molecule has 3 rings (SSSR count). The summed E-state index contributed by atoms with van der Waals surface area (Å²) in [7, 11) is 3.63. The number of ketones is 1. The number of piperidine rings is 1. The van der Waals surface area contributed by atoms with E-state index in [1.165, 1.54) is 0 Å². The van der Waals surface area contributed by atoms with Crippen molar-refractivity contribution in [2.45, 2.75) is 54.4 Å². The van der Waals surface area contributed by atoms with E-state index in [9.17, 15) is 14.4 Å². The molecule has 3 heterocycles. The van der Waals surface area contributed by atoms with Gasteiger partial charge < -0.3 is 14.7 Å². The number of nitrogens with one attached hydrogen (secondary N) is 1. The first-order valence-electron chi connectivity index (χ1n) is 11.2. The smallest absolute Gasteiger partial charge is 0.258 e. The monoisotopic (exact) mass is 445 g/mol. The molecule has 8 nitrogen and oxygen atoms in total. The number of hydrogen-bond acceptors (Lipinski definition) is 5. The molecule has 0 aromatic carbocycles. The summed E-state index contributed by atoms with van der Waals surface area (Å²) in [6.07, 6.45) is 4.57. The highest BCUT2D eigenvalue weighted by Gasteiger charge is 2.32. The zero-order valence-corrected chi connectivity index (χ0v) is 20.9. The van der Waals surface area contributed by atoms with Crippen LogP contribution in [0.5, 0.6) is 0 Å². The molecule has 0 aliphatic carbocycles. The second-order valence-corrected chi connectivity index (χ2v) is 11.3. The normalized spacial score (nSPS) is 18.5. The Morgan fingerprint density at radius 2 is 1.47 bits per heavy atom. The third-order valence-electron chi connectivity index (χ3n) is 5.01. The van der Waals surface area contributed by atoms with E-state index in [-0.39, 0.29) is 28.4 Å². The first-order chi connectivity index (χ1) is 14.7. The summed E-state index contributed by atoms with van der Waals surface area (Å²) in [6, 6.07) is 0. The maximum atomic E-state index is 12.2. The number of rotatable bonds is 3. The first kappa shape index (κ1) is 25.6. The van der Waals surface area contributed by atoms with Crippen LogP contribution in [-0.2, 0) is 16.0 Å². The summed E-state index contributed by atoms with van der Waals surface area (Å²) < 4.78 is 0. The van der Waals surface area contributed by atoms with Crippen molar-refractivity contribution in [1.82, 2.24) is 24.9 Å². The summed E-state index contributed by atoms with van der Waals surface area (Å²) in [5.41, 5.74) is 2.23. The lowest BCUT2D eigenvalue weighted by Crippen LogP contribution is -2.45. The van der Waals surface area contributed by atoms with Crippen molar-refractivity contribution in [3.63, 3.8) is 0 Å². The largest absolute Gasteiger partial charge is 0.383 e. The SMILES string of the molecule is CC(C)(C)CN1CCc2[nH]ncc2C1=O.CN(C)C=C1C(=O)CCN(CC(C)(C)C)C1=O. The molecule has 1 saturated heterocycles. The van der Waals surface area contributed by atoms with Crippen LogP contribution in [0.4, 0.5) is 0 Å². The van der Waals surface area contributed by atoms with Gasteiger partial charge in [0.25, 0.3) is 11.8 Å². The Bertz CT molecular complexity index is 871. The van der Waals surface area contributed by atoms with Gasteiger partial charge in [-0.15, -0.1) is 0 Å². The molecule has 1 aromatic heterocycles. The lowest BCUT2D eigenvalue weighted by molar-refractivity contribution is -0.134. The molecule has 2 aliphatic rings. The molecule has 0 spiro atoms. The summed E-state index contributed by atoms with van der Waals surface area (Å²) in [5, 5.41) is 6.79. The van der Waals surface area contributed by atoms with E-state index in [4.69, 9.17) is 0 Å². The molecule has 1 aromatic rings. The van der Waals surface area contributed by atoms with Crippen LogP contribution in [0, 0.1) is 10.8 Å². The van der Waals surface area contributed by atoms with Gasteiger partial charge in [-0.25, -0.2) is 0 Å². The summed E-state index contributed by atoms with van der Waals surface area (Å²) in [6.45, 7) is 15.5. The predicted octanol–water partition coefficient (Wildman–Crippen LogP) is 2.73.